The van der Waals surface area contributed by atoms with Crippen molar-refractivity contribution in [2.24, 2.45) is 11.8 Å². The van der Waals surface area contributed by atoms with Gasteiger partial charge in [0.1, 0.15) is 0 Å². The van der Waals surface area contributed by atoms with Crippen molar-refractivity contribution in [2.75, 3.05) is 26.2 Å². The molecule has 0 N–H and O–H groups in total. The van der Waals surface area contributed by atoms with E-state index in [4.69, 9.17) is 4.74 Å². The van der Waals surface area contributed by atoms with Gasteiger partial charge in [-0.05, 0) is 51.6 Å². The van der Waals surface area contributed by atoms with Gasteiger partial charge in [-0.2, -0.15) is 0 Å². The van der Waals surface area contributed by atoms with Crippen molar-refractivity contribution in [1.82, 2.24) is 4.90 Å². The van der Waals surface area contributed by atoms with Crippen molar-refractivity contribution in [3.63, 3.8) is 0 Å². The Kier molecular flexibility index (Phi) is 3.53. The van der Waals surface area contributed by atoms with Gasteiger partial charge in [-0.1, -0.05) is 18.1 Å². The van der Waals surface area contributed by atoms with Crippen LogP contribution in [0, 0.1) is 11.8 Å². The number of hydrogen-bond donors (Lipinski definition) is 0. The number of hydrogen-bond acceptors (Lipinski definition) is 2. The number of piperidine rings is 1. The maximum atomic E-state index is 6.14. The third-order valence-corrected chi connectivity index (χ3v) is 4.83. The minimum absolute atomic E-state index is 0.473. The quantitative estimate of drug-likeness (QED) is 0.682. The van der Waals surface area contributed by atoms with Crippen LogP contribution in [0.1, 0.15) is 39.0 Å². The van der Waals surface area contributed by atoms with E-state index in [0.717, 1.165) is 12.5 Å². The van der Waals surface area contributed by atoms with Gasteiger partial charge in [-0.3, -0.25) is 0 Å². The fourth-order valence-electron chi connectivity index (χ4n) is 3.68. The van der Waals surface area contributed by atoms with Crippen molar-refractivity contribution >= 4 is 0 Å². The molecule has 0 unspecified atom stereocenters. The molecule has 3 aliphatic rings. The molecule has 2 nitrogen and oxygen atoms in total. The smallest absolute Gasteiger partial charge is 0.0767 e. The first-order chi connectivity index (χ1) is 8.33. The zero-order valence-electron chi connectivity index (χ0n) is 11.0. The highest BCUT2D eigenvalue weighted by Crippen LogP contribution is 2.37. The normalized spacial score (nSPS) is 38.9. The van der Waals surface area contributed by atoms with Crippen molar-refractivity contribution in [3.8, 4) is 0 Å². The van der Waals surface area contributed by atoms with Crippen LogP contribution < -0.4 is 0 Å². The second-order valence-corrected chi connectivity index (χ2v) is 6.13. The highest BCUT2D eigenvalue weighted by Gasteiger charge is 2.35. The Labute approximate surface area is 105 Å². The number of likely N-dealkylation sites (tertiary alicyclic amines) is 1. The van der Waals surface area contributed by atoms with Gasteiger partial charge in [0, 0.05) is 12.5 Å². The fraction of sp³-hybridized carbons (Fsp3) is 0.867. The third-order valence-electron chi connectivity index (χ3n) is 4.83. The van der Waals surface area contributed by atoms with Crippen molar-refractivity contribution < 1.29 is 4.74 Å². The Morgan fingerprint density at radius 2 is 2.12 bits per heavy atom. The Balaban J connectivity index is 1.62. The molecule has 0 aromatic rings. The first-order valence-corrected chi connectivity index (χ1v) is 7.33. The lowest BCUT2D eigenvalue weighted by Gasteiger charge is -2.42. The van der Waals surface area contributed by atoms with Crippen LogP contribution in [0.2, 0.25) is 0 Å². The predicted molar refractivity (Wildman–Crippen MR) is 70.0 cm³/mol. The second-order valence-electron chi connectivity index (χ2n) is 6.13. The van der Waals surface area contributed by atoms with Crippen LogP contribution in [-0.4, -0.2) is 37.2 Å². The molecule has 0 aromatic heterocycles. The molecule has 0 radical (unpaired) electrons. The van der Waals surface area contributed by atoms with E-state index in [9.17, 15) is 0 Å². The van der Waals surface area contributed by atoms with Crippen LogP contribution in [-0.2, 0) is 4.74 Å². The summed E-state index contributed by atoms with van der Waals surface area (Å²) in [7, 11) is 0. The molecule has 2 bridgehead atoms. The molecule has 3 rings (SSSR count). The van der Waals surface area contributed by atoms with Crippen molar-refractivity contribution in [2.45, 2.75) is 45.1 Å². The Hall–Kier alpha value is -0.340. The first kappa shape index (κ1) is 11.7. The SMILES string of the molecule is CC1=CC[C@@H]2CO[C@@H](CN3CCCCC3)[C@H]1C2. The maximum absolute atomic E-state index is 6.14. The Bertz CT molecular complexity index is 293. The monoisotopic (exact) mass is 235 g/mol. The largest absolute Gasteiger partial charge is 0.376 e. The molecular weight excluding hydrogens is 210 g/mol. The van der Waals surface area contributed by atoms with Gasteiger partial charge in [0.2, 0.25) is 0 Å². The Morgan fingerprint density at radius 3 is 2.94 bits per heavy atom. The Morgan fingerprint density at radius 1 is 1.29 bits per heavy atom. The number of rotatable bonds is 2. The zero-order chi connectivity index (χ0) is 11.7. The molecular formula is C15H25NO. The summed E-state index contributed by atoms with van der Waals surface area (Å²) in [5.74, 6) is 1.52. The van der Waals surface area contributed by atoms with Crippen LogP contribution in [0.3, 0.4) is 0 Å². The molecule has 0 spiro atoms. The molecule has 0 saturated carbocycles. The number of fused-ring (bicyclic) bond motifs is 2. The summed E-state index contributed by atoms with van der Waals surface area (Å²) in [6, 6.07) is 0. The van der Waals surface area contributed by atoms with Gasteiger partial charge in [-0.25, -0.2) is 0 Å². The summed E-state index contributed by atoms with van der Waals surface area (Å²) in [5.41, 5.74) is 1.59. The van der Waals surface area contributed by atoms with E-state index in [2.05, 4.69) is 17.9 Å². The summed E-state index contributed by atoms with van der Waals surface area (Å²) in [6.45, 7) is 7.05. The predicted octanol–water partition coefficient (Wildman–Crippen LogP) is 2.84. The molecule has 3 atom stereocenters. The number of ether oxygens (including phenoxy) is 1. The summed E-state index contributed by atoms with van der Waals surface area (Å²) in [4.78, 5) is 2.62. The summed E-state index contributed by atoms with van der Waals surface area (Å²) in [6.07, 6.45) is 9.75. The molecule has 2 saturated heterocycles. The zero-order valence-corrected chi connectivity index (χ0v) is 11.0. The van der Waals surface area contributed by atoms with E-state index in [1.165, 1.54) is 51.7 Å². The summed E-state index contributed by atoms with van der Waals surface area (Å²) < 4.78 is 6.14. The molecule has 96 valence electrons. The first-order valence-electron chi connectivity index (χ1n) is 7.33. The third kappa shape index (κ3) is 2.58. The lowest BCUT2D eigenvalue weighted by atomic mass is 9.77. The van der Waals surface area contributed by atoms with Crippen molar-refractivity contribution in [3.05, 3.63) is 11.6 Å². The lowest BCUT2D eigenvalue weighted by Crippen LogP contribution is -2.45. The maximum Gasteiger partial charge on any atom is 0.0767 e. The fourth-order valence-corrected chi connectivity index (χ4v) is 3.68. The molecule has 2 aliphatic heterocycles. The topological polar surface area (TPSA) is 12.5 Å². The molecule has 1 aliphatic carbocycles. The average Bonchev–Trinajstić information content (AvgIpc) is 2.38. The molecule has 0 amide bonds. The highest BCUT2D eigenvalue weighted by atomic mass is 16.5. The van der Waals surface area contributed by atoms with Crippen LogP contribution in [0.5, 0.6) is 0 Å². The minimum atomic E-state index is 0.473. The van der Waals surface area contributed by atoms with E-state index < -0.39 is 0 Å². The van der Waals surface area contributed by atoms with Crippen molar-refractivity contribution in [1.29, 1.82) is 0 Å². The minimum Gasteiger partial charge on any atom is -0.376 e. The van der Waals surface area contributed by atoms with Gasteiger partial charge in [-0.15, -0.1) is 0 Å². The van der Waals surface area contributed by atoms with Crippen LogP contribution in [0.4, 0.5) is 0 Å². The van der Waals surface area contributed by atoms with E-state index in [0.29, 0.717) is 12.0 Å². The molecule has 2 fully saturated rings. The van der Waals surface area contributed by atoms with E-state index in [1.54, 1.807) is 5.57 Å². The summed E-state index contributed by atoms with van der Waals surface area (Å²) >= 11 is 0. The van der Waals surface area contributed by atoms with Gasteiger partial charge in [0.05, 0.1) is 12.7 Å². The van der Waals surface area contributed by atoms with E-state index >= 15 is 0 Å². The van der Waals surface area contributed by atoms with Crippen LogP contribution in [0.25, 0.3) is 0 Å². The number of nitrogens with zero attached hydrogens (tertiary/aromatic N) is 1. The van der Waals surface area contributed by atoms with Crippen LogP contribution in [0.15, 0.2) is 11.6 Å². The van der Waals surface area contributed by atoms with Gasteiger partial charge in [0.25, 0.3) is 0 Å². The molecule has 2 heteroatoms. The highest BCUT2D eigenvalue weighted by molar-refractivity contribution is 5.12. The van der Waals surface area contributed by atoms with Gasteiger partial charge in [0.15, 0.2) is 0 Å². The lowest BCUT2D eigenvalue weighted by molar-refractivity contribution is -0.0650. The average molecular weight is 235 g/mol. The second kappa shape index (κ2) is 5.11. The van der Waals surface area contributed by atoms with Gasteiger partial charge >= 0.3 is 0 Å². The number of allylic oxidation sites excluding steroid dienone is 1. The van der Waals surface area contributed by atoms with Crippen LogP contribution >= 0.6 is 0 Å². The van der Waals surface area contributed by atoms with E-state index in [-0.39, 0.29) is 0 Å². The molecule has 2 heterocycles. The standard InChI is InChI=1S/C15H25NO/c1-12-5-6-13-9-14(12)15(17-11-13)10-16-7-3-2-4-8-16/h5,13-15H,2-4,6-11H2,1H3/t13-,14-,15-/m0/s1. The molecule has 17 heavy (non-hydrogen) atoms. The van der Waals surface area contributed by atoms with E-state index in [1.807, 2.05) is 0 Å². The van der Waals surface area contributed by atoms with Gasteiger partial charge < -0.3 is 9.64 Å². The molecule has 0 aromatic carbocycles. The summed E-state index contributed by atoms with van der Waals surface area (Å²) in [5, 5.41) is 0.